The molecule has 1 atom stereocenters. The maximum absolute atomic E-state index is 5.96. The van der Waals surface area contributed by atoms with Crippen LogP contribution >= 0.6 is 22.7 Å². The number of nitrogens with two attached hydrogens (primary N) is 2. The first-order valence-electron chi connectivity index (χ1n) is 10.9. The topological polar surface area (TPSA) is 115 Å². The van der Waals surface area contributed by atoms with E-state index in [1.165, 1.54) is 4.88 Å². The molecule has 0 saturated carbocycles. The molecule has 0 aliphatic carbocycles. The van der Waals surface area contributed by atoms with Crippen molar-refractivity contribution in [2.24, 2.45) is 0 Å². The number of thiophene rings is 1. The molecule has 4 heterocycles. The van der Waals surface area contributed by atoms with E-state index in [2.05, 4.69) is 49.8 Å². The molecule has 0 amide bonds. The van der Waals surface area contributed by atoms with E-state index in [1.54, 1.807) is 22.7 Å². The molecule has 0 radical (unpaired) electrons. The molecule has 1 aliphatic heterocycles. The van der Waals surface area contributed by atoms with Gasteiger partial charge in [-0.25, -0.2) is 9.67 Å². The van der Waals surface area contributed by atoms with E-state index < -0.39 is 0 Å². The first-order chi connectivity index (χ1) is 15.6. The maximum atomic E-state index is 5.96. The van der Waals surface area contributed by atoms with Gasteiger partial charge in [-0.1, -0.05) is 24.3 Å². The molecule has 9 nitrogen and oxygen atoms in total. The molecule has 4 aromatic rings. The number of rotatable bonds is 7. The van der Waals surface area contributed by atoms with Gasteiger partial charge in [0.25, 0.3) is 0 Å². The molecular formula is C21H27N9S2. The van der Waals surface area contributed by atoms with Crippen molar-refractivity contribution in [2.75, 3.05) is 42.5 Å². The highest BCUT2D eigenvalue weighted by atomic mass is 32.1. The van der Waals surface area contributed by atoms with Crippen LogP contribution in [0.15, 0.2) is 29.6 Å². The lowest BCUT2D eigenvalue weighted by Gasteiger charge is -2.38. The zero-order chi connectivity index (χ0) is 22.1. The average Bonchev–Trinajstić information content (AvgIpc) is 3.55. The van der Waals surface area contributed by atoms with Crippen molar-refractivity contribution in [1.82, 2.24) is 30.1 Å². The van der Waals surface area contributed by atoms with Gasteiger partial charge in [-0.15, -0.1) is 16.4 Å². The van der Waals surface area contributed by atoms with Crippen LogP contribution in [0.3, 0.4) is 0 Å². The Kier molecular flexibility index (Phi) is 5.94. The lowest BCUT2D eigenvalue weighted by molar-refractivity contribution is 0.169. The van der Waals surface area contributed by atoms with E-state index >= 15 is 0 Å². The third-order valence-corrected chi connectivity index (χ3v) is 8.02. The Labute approximate surface area is 194 Å². The van der Waals surface area contributed by atoms with Crippen molar-refractivity contribution in [3.63, 3.8) is 0 Å². The zero-order valence-corrected chi connectivity index (χ0v) is 19.6. The number of tetrazole rings is 1. The number of nitrogen functional groups attached to an aromatic ring is 2. The van der Waals surface area contributed by atoms with Crippen molar-refractivity contribution >= 4 is 49.4 Å². The summed E-state index contributed by atoms with van der Waals surface area (Å²) >= 11 is 3.45. The van der Waals surface area contributed by atoms with Crippen LogP contribution in [0.5, 0.6) is 0 Å². The number of nitrogens with zero attached hydrogens (tertiary/aromatic N) is 7. The standard InChI is InChI=1S/C21H27N9S2/c1-2-18(20-25-26-27-30(20)6-5-14-4-3-11-31-14)28-7-9-29(10-8-28)21-24-17-12-15(22)16(23)13-19(17)32-21/h3-4,11-13,18H,2,5-10,22-23H2,1H3. The SMILES string of the molecule is CCC(c1nnnn1CCc1cccs1)N1CCN(c2nc3cc(N)c(N)cc3s2)CC1. The molecule has 0 bridgehead atoms. The van der Waals surface area contributed by atoms with Gasteiger partial charge >= 0.3 is 0 Å². The van der Waals surface area contributed by atoms with E-state index in [9.17, 15) is 0 Å². The van der Waals surface area contributed by atoms with Gasteiger partial charge in [-0.3, -0.25) is 4.90 Å². The Balaban J connectivity index is 1.26. The Hall–Kier alpha value is -2.76. The summed E-state index contributed by atoms with van der Waals surface area (Å²) in [6.45, 7) is 6.72. The summed E-state index contributed by atoms with van der Waals surface area (Å²) in [7, 11) is 0. The van der Waals surface area contributed by atoms with Crippen LogP contribution in [0.2, 0.25) is 0 Å². The number of piperazine rings is 1. The van der Waals surface area contributed by atoms with Crippen LogP contribution in [0.4, 0.5) is 16.5 Å². The van der Waals surface area contributed by atoms with Crippen LogP contribution in [0.1, 0.15) is 30.1 Å². The minimum Gasteiger partial charge on any atom is -0.397 e. The highest BCUT2D eigenvalue weighted by molar-refractivity contribution is 7.22. The quantitative estimate of drug-likeness (QED) is 0.397. The average molecular weight is 470 g/mol. The highest BCUT2D eigenvalue weighted by Gasteiger charge is 2.29. The summed E-state index contributed by atoms with van der Waals surface area (Å²) in [5, 5.41) is 15.8. The van der Waals surface area contributed by atoms with Gasteiger partial charge in [-0.05, 0) is 40.4 Å². The van der Waals surface area contributed by atoms with E-state index in [4.69, 9.17) is 16.5 Å². The predicted octanol–water partition coefficient (Wildman–Crippen LogP) is 3.02. The molecule has 1 saturated heterocycles. The van der Waals surface area contributed by atoms with Crippen LogP contribution in [0.25, 0.3) is 10.2 Å². The van der Waals surface area contributed by atoms with Gasteiger partial charge in [0.05, 0.1) is 27.6 Å². The van der Waals surface area contributed by atoms with Gasteiger partial charge in [-0.2, -0.15) is 0 Å². The minimum atomic E-state index is 0.213. The number of thiazole rings is 1. The lowest BCUT2D eigenvalue weighted by atomic mass is 10.1. The second-order valence-electron chi connectivity index (χ2n) is 7.98. The Morgan fingerprint density at radius 2 is 1.94 bits per heavy atom. The summed E-state index contributed by atoms with van der Waals surface area (Å²) in [6.07, 6.45) is 1.92. The molecule has 168 valence electrons. The largest absolute Gasteiger partial charge is 0.397 e. The van der Waals surface area contributed by atoms with Crippen LogP contribution in [-0.4, -0.2) is 56.3 Å². The van der Waals surface area contributed by atoms with E-state index in [1.807, 2.05) is 16.8 Å². The third-order valence-electron chi connectivity index (χ3n) is 6.00. The number of hydrogen-bond donors (Lipinski definition) is 2. The van der Waals surface area contributed by atoms with E-state index in [-0.39, 0.29) is 6.04 Å². The molecule has 1 fully saturated rings. The van der Waals surface area contributed by atoms with Gasteiger partial charge < -0.3 is 16.4 Å². The molecule has 5 rings (SSSR count). The molecular weight excluding hydrogens is 442 g/mol. The Bertz CT molecular complexity index is 1140. The molecule has 3 aromatic heterocycles. The monoisotopic (exact) mass is 469 g/mol. The summed E-state index contributed by atoms with van der Waals surface area (Å²) in [4.78, 5) is 11.0. The number of anilines is 3. The molecule has 1 aromatic carbocycles. The van der Waals surface area contributed by atoms with Crippen LogP contribution < -0.4 is 16.4 Å². The molecule has 1 unspecified atom stereocenters. The maximum Gasteiger partial charge on any atom is 0.186 e. The summed E-state index contributed by atoms with van der Waals surface area (Å²) in [5.74, 6) is 0.962. The van der Waals surface area contributed by atoms with Gasteiger partial charge in [0, 0.05) is 44.0 Å². The van der Waals surface area contributed by atoms with E-state index in [0.717, 1.165) is 66.7 Å². The highest BCUT2D eigenvalue weighted by Crippen LogP contribution is 2.34. The van der Waals surface area contributed by atoms with Crippen molar-refractivity contribution in [3.05, 3.63) is 40.3 Å². The van der Waals surface area contributed by atoms with Crippen molar-refractivity contribution in [2.45, 2.75) is 32.4 Å². The van der Waals surface area contributed by atoms with Crippen molar-refractivity contribution in [1.29, 1.82) is 0 Å². The molecule has 0 spiro atoms. The first-order valence-corrected chi connectivity index (χ1v) is 12.5. The molecule has 4 N–H and O–H groups in total. The Morgan fingerprint density at radius 1 is 1.12 bits per heavy atom. The van der Waals surface area contributed by atoms with E-state index in [0.29, 0.717) is 11.4 Å². The number of hydrogen-bond acceptors (Lipinski definition) is 10. The number of fused-ring (bicyclic) bond motifs is 1. The minimum absolute atomic E-state index is 0.213. The Morgan fingerprint density at radius 3 is 2.69 bits per heavy atom. The molecule has 1 aliphatic rings. The van der Waals surface area contributed by atoms with Crippen molar-refractivity contribution in [3.8, 4) is 0 Å². The fourth-order valence-corrected chi connectivity index (χ4v) is 5.98. The van der Waals surface area contributed by atoms with Crippen LogP contribution in [-0.2, 0) is 13.0 Å². The first kappa shape index (κ1) is 21.1. The number of aromatic nitrogens is 5. The normalized spacial score (nSPS) is 16.1. The number of aryl methyl sites for hydroxylation is 2. The summed E-state index contributed by atoms with van der Waals surface area (Å²) in [6, 6.07) is 8.25. The third kappa shape index (κ3) is 4.15. The molecule has 32 heavy (non-hydrogen) atoms. The van der Waals surface area contributed by atoms with Gasteiger partial charge in [0.1, 0.15) is 0 Å². The van der Waals surface area contributed by atoms with Gasteiger partial charge in [0.15, 0.2) is 11.0 Å². The fraction of sp³-hybridized carbons (Fsp3) is 0.429. The fourth-order valence-electron chi connectivity index (χ4n) is 4.24. The van der Waals surface area contributed by atoms with Gasteiger partial charge in [0.2, 0.25) is 0 Å². The smallest absolute Gasteiger partial charge is 0.186 e. The second kappa shape index (κ2) is 9.00. The van der Waals surface area contributed by atoms with Crippen LogP contribution in [0, 0.1) is 0 Å². The zero-order valence-electron chi connectivity index (χ0n) is 18.0. The number of benzene rings is 1. The molecule has 11 heteroatoms. The predicted molar refractivity (Wildman–Crippen MR) is 131 cm³/mol. The second-order valence-corrected chi connectivity index (χ2v) is 10.0. The summed E-state index contributed by atoms with van der Waals surface area (Å²) < 4.78 is 3.05. The summed E-state index contributed by atoms with van der Waals surface area (Å²) in [5.41, 5.74) is 14.0. The van der Waals surface area contributed by atoms with Crippen molar-refractivity contribution < 1.29 is 0 Å². The lowest BCUT2D eigenvalue weighted by Crippen LogP contribution is -2.48.